The highest BCUT2D eigenvalue weighted by molar-refractivity contribution is 5.77. The van der Waals surface area contributed by atoms with Crippen molar-refractivity contribution >= 4 is 16.9 Å². The Morgan fingerprint density at radius 2 is 1.88 bits per heavy atom. The highest BCUT2D eigenvalue weighted by atomic mass is 16.5. The zero-order chi connectivity index (χ0) is 18.4. The number of fused-ring (bicyclic) bond motifs is 1. The smallest absolute Gasteiger partial charge is 0.306 e. The molecule has 0 unspecified atom stereocenters. The van der Waals surface area contributed by atoms with Crippen molar-refractivity contribution in [3.63, 3.8) is 0 Å². The largest absolute Gasteiger partial charge is 0.493 e. The molecular weight excluding hydrogens is 332 g/mol. The van der Waals surface area contributed by atoms with Crippen LogP contribution in [0.5, 0.6) is 5.75 Å². The van der Waals surface area contributed by atoms with Crippen molar-refractivity contribution in [2.75, 3.05) is 6.61 Å². The minimum absolute atomic E-state index is 0.137. The number of H-pyrrole nitrogens is 1. The molecule has 0 aliphatic rings. The predicted molar refractivity (Wildman–Crippen MR) is 98.1 cm³/mol. The summed E-state index contributed by atoms with van der Waals surface area (Å²) >= 11 is 0. The molecule has 0 spiro atoms. The van der Waals surface area contributed by atoms with Crippen molar-refractivity contribution in [3.8, 4) is 5.75 Å². The van der Waals surface area contributed by atoms with E-state index in [1.165, 1.54) is 0 Å². The summed E-state index contributed by atoms with van der Waals surface area (Å²) in [5, 5.41) is 0.534. The predicted octanol–water partition coefficient (Wildman–Crippen LogP) is 3.00. The minimum atomic E-state index is -0.355. The molecule has 134 valence electrons. The van der Waals surface area contributed by atoms with Gasteiger partial charge in [0.2, 0.25) is 0 Å². The van der Waals surface area contributed by atoms with Gasteiger partial charge in [-0.3, -0.25) is 9.59 Å². The Balaban J connectivity index is 1.59. The van der Waals surface area contributed by atoms with Gasteiger partial charge in [-0.15, -0.1) is 0 Å². The van der Waals surface area contributed by atoms with Crippen LogP contribution in [0.3, 0.4) is 0 Å². The van der Waals surface area contributed by atoms with E-state index in [-0.39, 0.29) is 24.6 Å². The van der Waals surface area contributed by atoms with Crippen LogP contribution in [-0.4, -0.2) is 22.5 Å². The molecule has 0 saturated carbocycles. The molecule has 3 aromatic rings. The van der Waals surface area contributed by atoms with Crippen molar-refractivity contribution < 1.29 is 14.3 Å². The van der Waals surface area contributed by atoms with E-state index in [2.05, 4.69) is 9.97 Å². The van der Waals surface area contributed by atoms with E-state index in [1.54, 1.807) is 18.2 Å². The highest BCUT2D eigenvalue weighted by Gasteiger charge is 2.09. The number of hydrogen-bond acceptors (Lipinski definition) is 5. The lowest BCUT2D eigenvalue weighted by atomic mass is 10.2. The van der Waals surface area contributed by atoms with Crippen LogP contribution in [0, 0.1) is 0 Å². The fourth-order valence-corrected chi connectivity index (χ4v) is 2.62. The first-order valence-corrected chi connectivity index (χ1v) is 8.51. The fraction of sp³-hybridized carbons (Fsp3) is 0.250. The van der Waals surface area contributed by atoms with Crippen molar-refractivity contribution in [2.45, 2.75) is 26.4 Å². The molecule has 0 radical (unpaired) electrons. The quantitative estimate of drug-likeness (QED) is 0.661. The molecule has 6 nitrogen and oxygen atoms in total. The van der Waals surface area contributed by atoms with Crippen LogP contribution < -0.4 is 10.3 Å². The van der Waals surface area contributed by atoms with Gasteiger partial charge in [-0.2, -0.15) is 0 Å². The van der Waals surface area contributed by atoms with Gasteiger partial charge in [-0.05, 0) is 25.1 Å². The number of aryl methyl sites for hydroxylation is 1. The van der Waals surface area contributed by atoms with Gasteiger partial charge >= 0.3 is 5.97 Å². The molecule has 1 heterocycles. The number of aromatic amines is 1. The second-order valence-corrected chi connectivity index (χ2v) is 5.73. The third kappa shape index (κ3) is 4.27. The number of hydrogen-bond donors (Lipinski definition) is 1. The summed E-state index contributed by atoms with van der Waals surface area (Å²) in [5.41, 5.74) is 1.23. The van der Waals surface area contributed by atoms with Gasteiger partial charge in [-0.25, -0.2) is 4.98 Å². The van der Waals surface area contributed by atoms with E-state index in [4.69, 9.17) is 9.47 Å². The first-order chi connectivity index (χ1) is 12.7. The van der Waals surface area contributed by atoms with Crippen LogP contribution in [-0.2, 0) is 22.6 Å². The van der Waals surface area contributed by atoms with Gasteiger partial charge in [0.25, 0.3) is 5.56 Å². The van der Waals surface area contributed by atoms with Crippen molar-refractivity contribution in [1.82, 2.24) is 9.97 Å². The molecule has 0 bridgehead atoms. The molecule has 0 aliphatic carbocycles. The van der Waals surface area contributed by atoms with E-state index in [0.717, 1.165) is 5.56 Å². The monoisotopic (exact) mass is 352 g/mol. The normalized spacial score (nSPS) is 10.7. The summed E-state index contributed by atoms with van der Waals surface area (Å²) in [6.45, 7) is 2.60. The third-order valence-electron chi connectivity index (χ3n) is 3.89. The Bertz CT molecular complexity index is 965. The number of nitrogens with one attached hydrogen (secondary N) is 1. The maximum atomic E-state index is 12.0. The topological polar surface area (TPSA) is 81.3 Å². The molecule has 0 amide bonds. The summed E-state index contributed by atoms with van der Waals surface area (Å²) < 4.78 is 10.8. The number of ether oxygens (including phenoxy) is 2. The molecule has 3 rings (SSSR count). The van der Waals surface area contributed by atoms with Crippen LogP contribution >= 0.6 is 0 Å². The zero-order valence-corrected chi connectivity index (χ0v) is 14.5. The van der Waals surface area contributed by atoms with Crippen LogP contribution in [0.1, 0.15) is 24.7 Å². The molecule has 0 aliphatic heterocycles. The van der Waals surface area contributed by atoms with E-state index in [1.807, 2.05) is 37.3 Å². The standard InChI is InChI=1S/C20H20N2O4/c1-2-25-17-10-6-3-7-14(17)13-26-19(23)12-11-18-21-16-9-5-4-8-15(16)20(24)22-18/h3-10H,2,11-13H2,1H3,(H,21,22,24). The first kappa shape index (κ1) is 17.7. The summed E-state index contributed by atoms with van der Waals surface area (Å²) in [7, 11) is 0. The number of carbonyl (C=O) groups is 1. The van der Waals surface area contributed by atoms with Crippen molar-refractivity contribution in [1.29, 1.82) is 0 Å². The second kappa shape index (κ2) is 8.29. The number of aromatic nitrogens is 2. The number of esters is 1. The molecule has 2 aromatic carbocycles. The first-order valence-electron chi connectivity index (χ1n) is 8.51. The number of rotatable bonds is 7. The van der Waals surface area contributed by atoms with Crippen molar-refractivity contribution in [3.05, 3.63) is 70.3 Å². The van der Waals surface area contributed by atoms with Crippen LogP contribution in [0.15, 0.2) is 53.3 Å². The van der Waals surface area contributed by atoms with E-state index >= 15 is 0 Å². The molecule has 26 heavy (non-hydrogen) atoms. The average molecular weight is 352 g/mol. The summed E-state index contributed by atoms with van der Waals surface area (Å²) in [6.07, 6.45) is 0.449. The van der Waals surface area contributed by atoms with Crippen LogP contribution in [0.2, 0.25) is 0 Å². The molecule has 6 heteroatoms. The molecule has 0 fully saturated rings. The SMILES string of the molecule is CCOc1ccccc1COC(=O)CCc1nc2ccccc2c(=O)[nH]1. The van der Waals surface area contributed by atoms with Gasteiger partial charge in [0, 0.05) is 12.0 Å². The average Bonchev–Trinajstić information content (AvgIpc) is 2.66. The number of benzene rings is 2. The van der Waals surface area contributed by atoms with Gasteiger partial charge in [0.05, 0.1) is 23.9 Å². The third-order valence-corrected chi connectivity index (χ3v) is 3.89. The molecular formula is C20H20N2O4. The fourth-order valence-electron chi connectivity index (χ4n) is 2.62. The molecule has 1 aromatic heterocycles. The molecule has 1 N–H and O–H groups in total. The lowest BCUT2D eigenvalue weighted by Crippen LogP contribution is -2.14. The Hall–Kier alpha value is -3.15. The summed E-state index contributed by atoms with van der Waals surface area (Å²) in [6, 6.07) is 14.6. The Labute approximate surface area is 150 Å². The van der Waals surface area contributed by atoms with Gasteiger partial charge < -0.3 is 14.5 Å². The lowest BCUT2D eigenvalue weighted by molar-refractivity contribution is -0.144. The van der Waals surface area contributed by atoms with E-state index in [9.17, 15) is 9.59 Å². The van der Waals surface area contributed by atoms with Crippen LogP contribution in [0.4, 0.5) is 0 Å². The summed E-state index contributed by atoms with van der Waals surface area (Å²) in [4.78, 5) is 31.1. The van der Waals surface area contributed by atoms with Gasteiger partial charge in [0.15, 0.2) is 0 Å². The Morgan fingerprint density at radius 1 is 1.12 bits per heavy atom. The maximum absolute atomic E-state index is 12.0. The minimum Gasteiger partial charge on any atom is -0.493 e. The molecule has 0 atom stereocenters. The Kier molecular flexibility index (Phi) is 5.63. The highest BCUT2D eigenvalue weighted by Crippen LogP contribution is 2.19. The zero-order valence-electron chi connectivity index (χ0n) is 14.5. The molecule has 0 saturated heterocycles. The maximum Gasteiger partial charge on any atom is 0.306 e. The van der Waals surface area contributed by atoms with E-state index in [0.29, 0.717) is 35.5 Å². The lowest BCUT2D eigenvalue weighted by Gasteiger charge is -2.10. The van der Waals surface area contributed by atoms with Gasteiger partial charge in [0.1, 0.15) is 18.2 Å². The van der Waals surface area contributed by atoms with E-state index < -0.39 is 0 Å². The number of carbonyl (C=O) groups excluding carboxylic acids is 1. The Morgan fingerprint density at radius 3 is 2.73 bits per heavy atom. The van der Waals surface area contributed by atoms with Gasteiger partial charge in [-0.1, -0.05) is 30.3 Å². The van der Waals surface area contributed by atoms with Crippen LogP contribution in [0.25, 0.3) is 10.9 Å². The summed E-state index contributed by atoms with van der Waals surface area (Å²) in [5.74, 6) is 0.829. The second-order valence-electron chi connectivity index (χ2n) is 5.73. The number of nitrogens with zero attached hydrogens (tertiary/aromatic N) is 1. The number of para-hydroxylation sites is 2. The van der Waals surface area contributed by atoms with Crippen molar-refractivity contribution in [2.24, 2.45) is 0 Å².